The third-order valence-electron chi connectivity index (χ3n) is 15.5. The minimum atomic E-state index is 0.879. The van der Waals surface area contributed by atoms with Gasteiger partial charge in [-0.25, -0.2) is 0 Å². The molecule has 0 aliphatic heterocycles. The average molecular weight is 863 g/mol. The van der Waals surface area contributed by atoms with Crippen LogP contribution >= 0.6 is 0 Å². The van der Waals surface area contributed by atoms with E-state index in [1.54, 1.807) is 38.9 Å². The highest BCUT2D eigenvalue weighted by molar-refractivity contribution is 5.88. The van der Waals surface area contributed by atoms with Crippen LogP contribution < -0.4 is 0 Å². The molecule has 7 aromatic rings. The molecular weight excluding hydrogens is 781 g/mol. The number of rotatable bonds is 0. The van der Waals surface area contributed by atoms with Gasteiger partial charge in [-0.3, -0.25) is 0 Å². The van der Waals surface area contributed by atoms with Crippen molar-refractivity contribution < 1.29 is 0 Å². The Hall–Kier alpha value is -4.94. The van der Waals surface area contributed by atoms with E-state index in [-0.39, 0.29) is 0 Å². The van der Waals surface area contributed by atoms with Crippen LogP contribution in [0.25, 0.3) is 21.5 Å². The van der Waals surface area contributed by atoms with Crippen LogP contribution in [0.4, 0.5) is 0 Å². The lowest BCUT2D eigenvalue weighted by Gasteiger charge is -2.25. The monoisotopic (exact) mass is 863 g/mol. The van der Waals surface area contributed by atoms with Gasteiger partial charge in [-0.2, -0.15) is 0 Å². The lowest BCUT2D eigenvalue weighted by molar-refractivity contribution is 0.499. The van der Waals surface area contributed by atoms with Crippen molar-refractivity contribution in [1.29, 1.82) is 0 Å². The second kappa shape index (κ2) is 22.0. The number of aryl methyl sites for hydroxylation is 10. The van der Waals surface area contributed by atoms with E-state index in [2.05, 4.69) is 201 Å². The fourth-order valence-electron chi connectivity index (χ4n) is 10.4. The summed E-state index contributed by atoms with van der Waals surface area (Å²) >= 11 is 0. The van der Waals surface area contributed by atoms with Crippen LogP contribution in [0, 0.1) is 101 Å². The average Bonchev–Trinajstić information content (AvgIpc) is 3.28. The van der Waals surface area contributed by atoms with Crippen molar-refractivity contribution in [2.75, 3.05) is 0 Å². The number of fused-ring (bicyclic) bond motifs is 5. The Balaban J connectivity index is 0.000000135. The minimum Gasteiger partial charge on any atom is -0.0622 e. The van der Waals surface area contributed by atoms with Crippen molar-refractivity contribution in [2.24, 2.45) is 17.8 Å². The summed E-state index contributed by atoms with van der Waals surface area (Å²) in [6.45, 7) is 33.5. The molecule has 0 unspecified atom stereocenters. The van der Waals surface area contributed by atoms with Crippen molar-refractivity contribution >= 4 is 21.5 Å². The highest BCUT2D eigenvalue weighted by Crippen LogP contribution is 2.32. The molecule has 0 heteroatoms. The van der Waals surface area contributed by atoms with Crippen molar-refractivity contribution in [1.82, 2.24) is 0 Å². The summed E-state index contributed by atoms with van der Waals surface area (Å²) in [6.07, 6.45) is 11.9. The summed E-state index contributed by atoms with van der Waals surface area (Å²) in [7, 11) is 0. The topological polar surface area (TPSA) is 0 Å². The molecule has 3 aliphatic carbocycles. The molecule has 65 heavy (non-hydrogen) atoms. The zero-order valence-electron chi connectivity index (χ0n) is 43.3. The van der Waals surface area contributed by atoms with Crippen molar-refractivity contribution in [2.45, 2.75) is 162 Å². The lowest BCUT2D eigenvalue weighted by atomic mass is 9.80. The van der Waals surface area contributed by atoms with Crippen LogP contribution in [0.1, 0.15) is 140 Å². The van der Waals surface area contributed by atoms with E-state index >= 15 is 0 Å². The fraction of sp³-hybridized carbons (Fsp3) is 0.415. The van der Waals surface area contributed by atoms with Crippen molar-refractivity contribution in [3.63, 3.8) is 0 Å². The highest BCUT2D eigenvalue weighted by Gasteiger charge is 2.19. The van der Waals surface area contributed by atoms with Gasteiger partial charge in [0.1, 0.15) is 0 Å². The molecule has 7 aromatic carbocycles. The maximum atomic E-state index is 2.41. The molecule has 0 fully saturated rings. The minimum absolute atomic E-state index is 0.879. The maximum Gasteiger partial charge on any atom is -0.0152 e. The fourth-order valence-corrected chi connectivity index (χ4v) is 10.4. The van der Waals surface area contributed by atoms with Gasteiger partial charge in [0.05, 0.1) is 0 Å². The van der Waals surface area contributed by atoms with E-state index in [9.17, 15) is 0 Å². The summed E-state index contributed by atoms with van der Waals surface area (Å²) in [5, 5.41) is 5.46. The third kappa shape index (κ3) is 12.5. The maximum absolute atomic E-state index is 2.41. The van der Waals surface area contributed by atoms with Gasteiger partial charge in [0, 0.05) is 0 Å². The molecule has 0 N–H and O–H groups in total. The Morgan fingerprint density at radius 3 is 1.28 bits per heavy atom. The first-order valence-corrected chi connectivity index (χ1v) is 25.1. The molecule has 0 bridgehead atoms. The molecule has 0 heterocycles. The van der Waals surface area contributed by atoms with E-state index in [1.807, 2.05) is 0 Å². The first kappa shape index (κ1) is 49.5. The van der Waals surface area contributed by atoms with Crippen LogP contribution in [0.3, 0.4) is 0 Å². The first-order chi connectivity index (χ1) is 30.9. The van der Waals surface area contributed by atoms with Crippen LogP contribution in [0.15, 0.2) is 97.1 Å². The summed E-state index contributed by atoms with van der Waals surface area (Å²) in [5.74, 6) is 2.65. The van der Waals surface area contributed by atoms with Crippen LogP contribution in [-0.4, -0.2) is 0 Å². The SMILES string of the molecule is Cc1cc2c(c(C)c1C)CC[C@H](C)C2.Cc1ccc2c(C)c(C)ccc2c1.Cc1ccc2c(C)c(C)ccc2c1.Cc1ccc2c(c1)CC[C@H](C)C2.Cc1ccc2c(c1C)CC[C@H](C)C2. The van der Waals surface area contributed by atoms with Gasteiger partial charge in [0.15, 0.2) is 0 Å². The predicted octanol–water partition coefficient (Wildman–Crippen LogP) is 17.8. The van der Waals surface area contributed by atoms with Crippen molar-refractivity contribution in [3.05, 3.63) is 197 Å². The molecule has 0 radical (unpaired) electrons. The standard InChI is InChI=1S/C14H20.C13H18.2C13H14.C12H16/c1-9-5-6-14-12(4)11(3)10(2)8-13(14)7-9;3*1-9-4-7-13-11(3)10(2)5-6-12(13)8-9;1-9-3-5-12-8-10(2)4-6-11(12)7-9/h8-9H,5-7H2,1-4H3;5-6,9H,4,7-8H2,1-3H3;2*4-8H,1-3H3;3,5,7,10H,4,6,8H2,1-2H3/t2*9-;;;10-/m00..0/s1. The normalized spacial score (nSPS) is 17.1. The van der Waals surface area contributed by atoms with E-state index in [4.69, 9.17) is 0 Å². The highest BCUT2D eigenvalue weighted by atomic mass is 14.2. The Bertz CT molecular complexity index is 2660. The van der Waals surface area contributed by atoms with Gasteiger partial charge in [0.2, 0.25) is 0 Å². The molecule has 0 nitrogen and oxygen atoms in total. The molecule has 0 amide bonds. The Kier molecular flexibility index (Phi) is 16.8. The quantitative estimate of drug-likeness (QED) is 0.142. The van der Waals surface area contributed by atoms with Crippen LogP contribution in [0.2, 0.25) is 0 Å². The van der Waals surface area contributed by atoms with Crippen LogP contribution in [0.5, 0.6) is 0 Å². The Morgan fingerprint density at radius 2 is 0.723 bits per heavy atom. The molecular formula is C65H82. The van der Waals surface area contributed by atoms with E-state index in [0.717, 1.165) is 17.8 Å². The summed E-state index contributed by atoms with van der Waals surface area (Å²) in [5.41, 5.74) is 26.8. The van der Waals surface area contributed by atoms with E-state index in [0.29, 0.717) is 0 Å². The van der Waals surface area contributed by atoms with Gasteiger partial charge in [-0.05, 0) is 264 Å². The zero-order chi connectivity index (χ0) is 47.1. The summed E-state index contributed by atoms with van der Waals surface area (Å²) < 4.78 is 0. The molecule has 3 atom stereocenters. The van der Waals surface area contributed by atoms with Gasteiger partial charge >= 0.3 is 0 Å². The first-order valence-electron chi connectivity index (χ1n) is 25.1. The molecule has 0 spiro atoms. The second-order valence-electron chi connectivity index (χ2n) is 21.0. The molecule has 0 saturated carbocycles. The van der Waals surface area contributed by atoms with Gasteiger partial charge in [0.25, 0.3) is 0 Å². The number of hydrogen-bond donors (Lipinski definition) is 0. The molecule has 3 aliphatic rings. The molecule has 0 aromatic heterocycles. The predicted molar refractivity (Wildman–Crippen MR) is 288 cm³/mol. The lowest BCUT2D eigenvalue weighted by Crippen LogP contribution is -2.13. The van der Waals surface area contributed by atoms with Gasteiger partial charge in [-0.1, -0.05) is 135 Å². The molecule has 0 saturated heterocycles. The number of benzene rings is 7. The summed E-state index contributed by atoms with van der Waals surface area (Å²) in [6, 6.07) is 35.9. The summed E-state index contributed by atoms with van der Waals surface area (Å²) in [4.78, 5) is 0. The smallest absolute Gasteiger partial charge is 0.0152 e. The third-order valence-corrected chi connectivity index (χ3v) is 15.5. The van der Waals surface area contributed by atoms with Crippen LogP contribution in [-0.2, 0) is 38.5 Å². The molecule has 10 rings (SSSR count). The van der Waals surface area contributed by atoms with E-state index < -0.39 is 0 Å². The number of hydrogen-bond acceptors (Lipinski definition) is 0. The van der Waals surface area contributed by atoms with E-state index in [1.165, 1.54) is 141 Å². The Labute approximate surface area is 396 Å². The van der Waals surface area contributed by atoms with Gasteiger partial charge in [-0.15, -0.1) is 0 Å². The largest absolute Gasteiger partial charge is 0.0622 e. The zero-order valence-corrected chi connectivity index (χ0v) is 43.3. The van der Waals surface area contributed by atoms with Crippen molar-refractivity contribution in [3.8, 4) is 0 Å². The Morgan fingerprint density at radius 1 is 0.308 bits per heavy atom. The van der Waals surface area contributed by atoms with Gasteiger partial charge < -0.3 is 0 Å². The molecule has 342 valence electrons. The second-order valence-corrected chi connectivity index (χ2v) is 21.0.